The second-order valence-electron chi connectivity index (χ2n) is 2.45. The van der Waals surface area contributed by atoms with Gasteiger partial charge >= 0.3 is 29.6 Å². The van der Waals surface area contributed by atoms with Crippen LogP contribution >= 0.6 is 12.6 Å². The van der Waals surface area contributed by atoms with Crippen LogP contribution in [0.3, 0.4) is 0 Å². The second-order valence-corrected chi connectivity index (χ2v) is 3.60. The quantitative estimate of drug-likeness (QED) is 0.327. The van der Waals surface area contributed by atoms with Crippen molar-refractivity contribution < 1.29 is 39.5 Å². The monoisotopic (exact) mass is 171 g/mol. The van der Waals surface area contributed by atoms with E-state index >= 15 is 0 Å². The smallest absolute Gasteiger partial charge is 0.548 e. The maximum Gasteiger partial charge on any atom is 1.00 e. The molecule has 0 aliphatic rings. The third-order valence-electron chi connectivity index (χ3n) is 1.02. The number of rotatable bonds is 2. The molecule has 54 valence electrons. The van der Waals surface area contributed by atoms with Crippen LogP contribution in [0.2, 0.25) is 0 Å². The molecule has 0 rings (SSSR count). The number of aliphatic carboxylic acids is 1. The Morgan fingerprint density at radius 3 is 2.00 bits per heavy atom. The summed E-state index contributed by atoms with van der Waals surface area (Å²) in [4.78, 5) is 10.1. The number of carboxylic acid groups (broad SMARTS) is 1. The first-order valence-corrected chi connectivity index (χ1v) is 2.99. The number of carbonyl (C=O) groups excluding carboxylic acids is 1. The van der Waals surface area contributed by atoms with E-state index in [4.69, 9.17) is 5.73 Å². The Morgan fingerprint density at radius 2 is 2.00 bits per heavy atom. The molecule has 0 amide bonds. The van der Waals surface area contributed by atoms with Crippen LogP contribution in [0.15, 0.2) is 0 Å². The molecule has 10 heavy (non-hydrogen) atoms. The summed E-state index contributed by atoms with van der Waals surface area (Å²) in [6.07, 6.45) is 0. The van der Waals surface area contributed by atoms with E-state index in [0.29, 0.717) is 0 Å². The van der Waals surface area contributed by atoms with Gasteiger partial charge in [0.25, 0.3) is 0 Å². The fraction of sp³-hybridized carbons (Fsp3) is 0.800. The van der Waals surface area contributed by atoms with Crippen molar-refractivity contribution in [2.75, 3.05) is 0 Å². The molecule has 0 heterocycles. The molecule has 0 saturated heterocycles. The Balaban J connectivity index is 0. The van der Waals surface area contributed by atoms with Gasteiger partial charge in [0.1, 0.15) is 0 Å². The van der Waals surface area contributed by atoms with Gasteiger partial charge in [0.05, 0.1) is 12.0 Å². The van der Waals surface area contributed by atoms with Gasteiger partial charge < -0.3 is 15.6 Å². The van der Waals surface area contributed by atoms with Gasteiger partial charge in [-0.1, -0.05) is 0 Å². The van der Waals surface area contributed by atoms with Crippen LogP contribution in [0, 0.1) is 0 Å². The van der Waals surface area contributed by atoms with E-state index < -0.39 is 16.8 Å². The zero-order chi connectivity index (χ0) is 7.65. The van der Waals surface area contributed by atoms with Gasteiger partial charge in [-0.2, -0.15) is 12.6 Å². The van der Waals surface area contributed by atoms with Gasteiger partial charge in [-0.05, 0) is 13.8 Å². The number of carbonyl (C=O) groups is 1. The van der Waals surface area contributed by atoms with Gasteiger partial charge in [-0.15, -0.1) is 0 Å². The Hall–Kier alpha value is 0.780. The van der Waals surface area contributed by atoms with Crippen LogP contribution < -0.4 is 40.4 Å². The molecule has 0 aromatic heterocycles. The summed E-state index contributed by atoms with van der Waals surface area (Å²) in [5.41, 5.74) is 5.16. The van der Waals surface area contributed by atoms with E-state index in [-0.39, 0.29) is 29.6 Å². The number of hydrogen-bond donors (Lipinski definition) is 2. The van der Waals surface area contributed by atoms with E-state index in [1.54, 1.807) is 13.8 Å². The van der Waals surface area contributed by atoms with Gasteiger partial charge in [0, 0.05) is 4.75 Å². The average molecular weight is 171 g/mol. The van der Waals surface area contributed by atoms with Crippen LogP contribution in [-0.2, 0) is 4.79 Å². The van der Waals surface area contributed by atoms with Gasteiger partial charge in [-0.25, -0.2) is 0 Å². The Morgan fingerprint density at radius 1 is 1.70 bits per heavy atom. The van der Waals surface area contributed by atoms with Gasteiger partial charge in [-0.3, -0.25) is 0 Å². The molecular formula is C5H10NNaO2S. The fourth-order valence-corrected chi connectivity index (χ4v) is 0.394. The van der Waals surface area contributed by atoms with E-state index in [1.807, 2.05) is 0 Å². The molecule has 0 aliphatic carbocycles. The van der Waals surface area contributed by atoms with Crippen molar-refractivity contribution in [3.63, 3.8) is 0 Å². The summed E-state index contributed by atoms with van der Waals surface area (Å²) in [6, 6.07) is -1.01. The predicted octanol–water partition coefficient (Wildman–Crippen LogP) is -4.22. The Bertz CT molecular complexity index is 123. The number of thiol groups is 1. The summed E-state index contributed by atoms with van der Waals surface area (Å²) in [5.74, 6) is -1.27. The molecule has 0 aromatic carbocycles. The molecule has 0 bridgehead atoms. The second kappa shape index (κ2) is 4.62. The van der Waals surface area contributed by atoms with Crippen molar-refractivity contribution in [3.8, 4) is 0 Å². The maximum absolute atomic E-state index is 10.1. The number of hydrogen-bond acceptors (Lipinski definition) is 4. The first-order valence-electron chi connectivity index (χ1n) is 2.54. The van der Waals surface area contributed by atoms with Crippen LogP contribution in [-0.4, -0.2) is 16.8 Å². The van der Waals surface area contributed by atoms with Crippen molar-refractivity contribution in [1.82, 2.24) is 0 Å². The minimum Gasteiger partial charge on any atom is -0.548 e. The zero-order valence-electron chi connectivity index (χ0n) is 6.42. The van der Waals surface area contributed by atoms with Crippen molar-refractivity contribution in [2.24, 2.45) is 5.73 Å². The van der Waals surface area contributed by atoms with E-state index in [1.165, 1.54) is 0 Å². The molecule has 0 saturated carbocycles. The first kappa shape index (κ1) is 13.4. The van der Waals surface area contributed by atoms with E-state index in [9.17, 15) is 9.90 Å². The number of nitrogens with two attached hydrogens (primary N) is 1. The largest absolute Gasteiger partial charge is 1.00 e. The molecule has 0 aliphatic heterocycles. The van der Waals surface area contributed by atoms with Crippen LogP contribution in [0.5, 0.6) is 0 Å². The van der Waals surface area contributed by atoms with E-state index in [2.05, 4.69) is 12.6 Å². The molecule has 0 aromatic rings. The summed E-state index contributed by atoms with van der Waals surface area (Å²) in [7, 11) is 0. The van der Waals surface area contributed by atoms with Gasteiger partial charge in [0.15, 0.2) is 0 Å². The normalized spacial score (nSPS) is 13.6. The topological polar surface area (TPSA) is 66.2 Å². The van der Waals surface area contributed by atoms with Crippen molar-refractivity contribution >= 4 is 18.6 Å². The summed E-state index contributed by atoms with van der Waals surface area (Å²) in [6.45, 7) is 3.24. The first-order chi connectivity index (χ1) is 3.85. The third-order valence-corrected chi connectivity index (χ3v) is 1.29. The van der Waals surface area contributed by atoms with Crippen molar-refractivity contribution in [3.05, 3.63) is 0 Å². The molecule has 2 N–H and O–H groups in total. The van der Waals surface area contributed by atoms with Gasteiger partial charge in [0.2, 0.25) is 0 Å². The fourth-order valence-electron chi connectivity index (χ4n) is 0.288. The molecule has 3 nitrogen and oxygen atoms in total. The maximum atomic E-state index is 10.1. The van der Waals surface area contributed by atoms with Crippen molar-refractivity contribution in [2.45, 2.75) is 24.6 Å². The van der Waals surface area contributed by atoms with Crippen LogP contribution in [0.25, 0.3) is 0 Å². The summed E-state index contributed by atoms with van der Waals surface area (Å²) >= 11 is 3.94. The Kier molecular flexibility index (Phi) is 6.17. The third kappa shape index (κ3) is 4.57. The average Bonchev–Trinajstić information content (AvgIpc) is 1.62. The Labute approximate surface area is 88.1 Å². The molecule has 0 fully saturated rings. The molecular weight excluding hydrogens is 161 g/mol. The minimum atomic E-state index is -1.27. The minimum absolute atomic E-state index is 0. The summed E-state index contributed by atoms with van der Waals surface area (Å²) in [5, 5.41) is 10.1. The van der Waals surface area contributed by atoms with Crippen LogP contribution in [0.4, 0.5) is 0 Å². The van der Waals surface area contributed by atoms with Crippen LogP contribution in [0.1, 0.15) is 13.8 Å². The molecule has 0 spiro atoms. The van der Waals surface area contributed by atoms with E-state index in [0.717, 1.165) is 0 Å². The summed E-state index contributed by atoms with van der Waals surface area (Å²) < 4.78 is -0.709. The molecule has 5 heteroatoms. The molecule has 1 atom stereocenters. The number of carboxylic acids is 1. The SMILES string of the molecule is CC(C)(S)C(N)C(=O)[O-].[Na+]. The molecule has 0 radical (unpaired) electrons. The predicted molar refractivity (Wildman–Crippen MR) is 36.0 cm³/mol. The molecule has 1 unspecified atom stereocenters. The zero-order valence-corrected chi connectivity index (χ0v) is 9.31. The van der Waals surface area contributed by atoms with Crippen molar-refractivity contribution in [1.29, 1.82) is 0 Å². The standard InChI is InChI=1S/C5H11NO2S.Na/c1-5(2,9)3(6)4(7)8;/h3,9H,6H2,1-2H3,(H,7,8);/q;+1/p-1.